The highest BCUT2D eigenvalue weighted by molar-refractivity contribution is 5.85. The molecule has 35 heavy (non-hydrogen) atoms. The van der Waals surface area contributed by atoms with Gasteiger partial charge in [0.15, 0.2) is 11.4 Å². The molecule has 0 aromatic heterocycles. The van der Waals surface area contributed by atoms with Gasteiger partial charge >= 0.3 is 0 Å². The van der Waals surface area contributed by atoms with Crippen LogP contribution < -0.4 is 5.32 Å². The number of likely N-dealkylation sites (N-methyl/N-ethyl adjacent to an activating group) is 1. The Morgan fingerprint density at radius 2 is 1.83 bits per heavy atom. The molecule has 0 spiro atoms. The largest absolute Gasteiger partial charge is 0.371 e. The van der Waals surface area contributed by atoms with Gasteiger partial charge in [0.25, 0.3) is 5.91 Å². The summed E-state index contributed by atoms with van der Waals surface area (Å²) >= 11 is 0. The van der Waals surface area contributed by atoms with Gasteiger partial charge in [-0.05, 0) is 39.3 Å². The van der Waals surface area contributed by atoms with Crippen molar-refractivity contribution in [1.29, 1.82) is 0 Å². The van der Waals surface area contributed by atoms with E-state index in [0.29, 0.717) is 13.2 Å². The Bertz CT molecular complexity index is 1040. The van der Waals surface area contributed by atoms with Crippen molar-refractivity contribution in [2.24, 2.45) is 0 Å². The lowest BCUT2D eigenvalue weighted by molar-refractivity contribution is -0.183. The van der Waals surface area contributed by atoms with Crippen molar-refractivity contribution in [1.82, 2.24) is 5.32 Å². The Kier molecular flexibility index (Phi) is 7.57. The Morgan fingerprint density at radius 3 is 2.51 bits per heavy atom. The first-order valence-electron chi connectivity index (χ1n) is 12.0. The minimum absolute atomic E-state index is 0.165. The standard InChI is InChI=1S/C27H33F2NO5/c1-5-30-25(31)27(33-16-19-10-11-20(28)12-21(19)29)13-22(24-23(14-27)34-26(3,4)35-24)32-15-18-8-6-17(2)7-9-18/h6-12,22-24H,5,13-16H2,1-4H3,(H,30,31)/t22-,23-,24+,27-/m1/s1. The SMILES string of the molecule is CCNC(=O)[C@@]1(OCc2ccc(F)cc2F)C[C@@H](OCc2ccc(C)cc2)[C@@H]2OC(C)(C)O[C@@H]2C1. The number of nitrogens with one attached hydrogen (secondary N) is 1. The Labute approximate surface area is 204 Å². The maximum absolute atomic E-state index is 14.3. The van der Waals surface area contributed by atoms with Crippen LogP contribution >= 0.6 is 0 Å². The van der Waals surface area contributed by atoms with Crippen LogP contribution in [0.2, 0.25) is 0 Å². The van der Waals surface area contributed by atoms with Crippen LogP contribution in [0, 0.1) is 18.6 Å². The number of rotatable bonds is 8. The smallest absolute Gasteiger partial charge is 0.252 e. The minimum Gasteiger partial charge on any atom is -0.371 e. The van der Waals surface area contributed by atoms with Gasteiger partial charge < -0.3 is 24.3 Å². The molecule has 2 aliphatic rings. The third-order valence-corrected chi connectivity index (χ3v) is 6.50. The lowest BCUT2D eigenvalue weighted by Gasteiger charge is -2.43. The quantitative estimate of drug-likeness (QED) is 0.589. The molecular weight excluding hydrogens is 456 g/mol. The van der Waals surface area contributed by atoms with E-state index in [-0.39, 0.29) is 37.0 Å². The van der Waals surface area contributed by atoms with Crippen molar-refractivity contribution in [3.05, 3.63) is 70.8 Å². The van der Waals surface area contributed by atoms with E-state index in [9.17, 15) is 13.6 Å². The molecule has 1 heterocycles. The van der Waals surface area contributed by atoms with Crippen LogP contribution in [-0.2, 0) is 37.0 Å². The van der Waals surface area contributed by atoms with E-state index in [1.165, 1.54) is 12.1 Å². The fourth-order valence-electron chi connectivity index (χ4n) is 4.77. The second-order valence-corrected chi connectivity index (χ2v) is 9.76. The second kappa shape index (κ2) is 10.3. The van der Waals surface area contributed by atoms with Gasteiger partial charge in [-0.15, -0.1) is 0 Å². The van der Waals surface area contributed by atoms with Gasteiger partial charge in [-0.25, -0.2) is 8.78 Å². The molecule has 1 amide bonds. The molecule has 4 atom stereocenters. The first-order chi connectivity index (χ1) is 16.6. The predicted octanol–water partition coefficient (Wildman–Crippen LogP) is 4.56. The number of hydrogen-bond acceptors (Lipinski definition) is 5. The summed E-state index contributed by atoms with van der Waals surface area (Å²) in [6, 6.07) is 11.3. The lowest BCUT2D eigenvalue weighted by atomic mass is 9.78. The molecule has 0 radical (unpaired) electrons. The lowest BCUT2D eigenvalue weighted by Crippen LogP contribution is -2.60. The summed E-state index contributed by atoms with van der Waals surface area (Å²) in [7, 11) is 0. The van der Waals surface area contributed by atoms with Crippen molar-refractivity contribution >= 4 is 5.91 Å². The van der Waals surface area contributed by atoms with Crippen LogP contribution in [-0.4, -0.2) is 42.2 Å². The molecule has 2 aromatic carbocycles. The number of aryl methyl sites for hydroxylation is 1. The predicted molar refractivity (Wildman–Crippen MR) is 125 cm³/mol. The van der Waals surface area contributed by atoms with Crippen molar-refractivity contribution in [3.63, 3.8) is 0 Å². The highest BCUT2D eigenvalue weighted by Crippen LogP contribution is 2.44. The molecule has 1 N–H and O–H groups in total. The average Bonchev–Trinajstić information content (AvgIpc) is 3.11. The molecule has 0 unspecified atom stereocenters. The highest BCUT2D eigenvalue weighted by Gasteiger charge is 2.58. The maximum Gasteiger partial charge on any atom is 0.252 e. The molecular formula is C27H33F2NO5. The second-order valence-electron chi connectivity index (χ2n) is 9.76. The Balaban J connectivity index is 1.60. The molecule has 190 valence electrons. The zero-order chi connectivity index (χ0) is 25.2. The van der Waals surface area contributed by atoms with Crippen molar-refractivity contribution < 1.29 is 32.5 Å². The van der Waals surface area contributed by atoms with Gasteiger partial charge in [-0.2, -0.15) is 0 Å². The summed E-state index contributed by atoms with van der Waals surface area (Å²) < 4.78 is 52.5. The van der Waals surface area contributed by atoms with Gasteiger partial charge in [0.05, 0.1) is 25.4 Å². The van der Waals surface area contributed by atoms with E-state index in [0.717, 1.165) is 17.2 Å². The third-order valence-electron chi connectivity index (χ3n) is 6.50. The zero-order valence-electron chi connectivity index (χ0n) is 20.6. The summed E-state index contributed by atoms with van der Waals surface area (Å²) in [5.41, 5.74) is 0.976. The van der Waals surface area contributed by atoms with E-state index in [4.69, 9.17) is 18.9 Å². The zero-order valence-corrected chi connectivity index (χ0v) is 20.6. The highest BCUT2D eigenvalue weighted by atomic mass is 19.1. The summed E-state index contributed by atoms with van der Waals surface area (Å²) in [5.74, 6) is -2.56. The average molecular weight is 490 g/mol. The first kappa shape index (κ1) is 25.7. The fourth-order valence-corrected chi connectivity index (χ4v) is 4.77. The van der Waals surface area contributed by atoms with Crippen LogP contribution in [0.5, 0.6) is 0 Å². The van der Waals surface area contributed by atoms with Gasteiger partial charge in [-0.1, -0.05) is 35.9 Å². The molecule has 2 fully saturated rings. The number of benzene rings is 2. The molecule has 2 aromatic rings. The molecule has 1 aliphatic heterocycles. The molecule has 4 rings (SSSR count). The van der Waals surface area contributed by atoms with Crippen LogP contribution in [0.3, 0.4) is 0 Å². The Morgan fingerprint density at radius 1 is 1.09 bits per heavy atom. The molecule has 1 saturated heterocycles. The molecule has 8 heteroatoms. The molecule has 0 bridgehead atoms. The van der Waals surface area contributed by atoms with Crippen LogP contribution in [0.25, 0.3) is 0 Å². The number of fused-ring (bicyclic) bond motifs is 1. The van der Waals surface area contributed by atoms with E-state index in [1.807, 2.05) is 52.0 Å². The summed E-state index contributed by atoms with van der Waals surface area (Å²) in [4.78, 5) is 13.3. The van der Waals surface area contributed by atoms with Crippen LogP contribution in [0.4, 0.5) is 8.78 Å². The number of hydrogen-bond donors (Lipinski definition) is 1. The van der Waals surface area contributed by atoms with Gasteiger partial charge in [0.1, 0.15) is 17.7 Å². The number of carbonyl (C=O) groups is 1. The number of ether oxygens (including phenoxy) is 4. The van der Waals surface area contributed by atoms with Crippen molar-refractivity contribution in [2.45, 2.75) is 83.5 Å². The molecule has 6 nitrogen and oxygen atoms in total. The normalized spacial score (nSPS) is 27.4. The van der Waals surface area contributed by atoms with E-state index >= 15 is 0 Å². The molecule has 1 aliphatic carbocycles. The number of amides is 1. The minimum atomic E-state index is -1.33. The van der Waals surface area contributed by atoms with Crippen LogP contribution in [0.1, 0.15) is 50.3 Å². The topological polar surface area (TPSA) is 66.0 Å². The van der Waals surface area contributed by atoms with Crippen molar-refractivity contribution in [3.8, 4) is 0 Å². The number of halogens is 2. The molecule has 1 saturated carbocycles. The van der Waals surface area contributed by atoms with Crippen LogP contribution in [0.15, 0.2) is 42.5 Å². The summed E-state index contributed by atoms with van der Waals surface area (Å²) in [6.07, 6.45) is -0.919. The van der Waals surface area contributed by atoms with Gasteiger partial charge in [0, 0.05) is 31.0 Å². The summed E-state index contributed by atoms with van der Waals surface area (Å²) in [5, 5.41) is 2.85. The van der Waals surface area contributed by atoms with Crippen molar-refractivity contribution in [2.75, 3.05) is 6.54 Å². The Hall–Kier alpha value is -2.39. The first-order valence-corrected chi connectivity index (χ1v) is 12.0. The number of carbonyl (C=O) groups excluding carboxylic acids is 1. The van der Waals surface area contributed by atoms with E-state index < -0.39 is 35.2 Å². The monoisotopic (exact) mass is 489 g/mol. The third kappa shape index (κ3) is 5.89. The maximum atomic E-state index is 14.3. The van der Waals surface area contributed by atoms with Gasteiger partial charge in [-0.3, -0.25) is 4.79 Å². The van der Waals surface area contributed by atoms with Gasteiger partial charge in [0.2, 0.25) is 0 Å². The fraction of sp³-hybridized carbons (Fsp3) is 0.519. The van der Waals surface area contributed by atoms with E-state index in [1.54, 1.807) is 0 Å². The van der Waals surface area contributed by atoms with E-state index in [2.05, 4.69) is 5.32 Å². The summed E-state index contributed by atoms with van der Waals surface area (Å²) in [6.45, 7) is 8.02.